The number of carbonyl (C=O) groups is 2. The Labute approximate surface area is 158 Å². The number of carboxylic acid groups (broad SMARTS) is 1. The maximum Gasteiger partial charge on any atom is 0.337 e. The maximum atomic E-state index is 12.8. The molecule has 2 heterocycles. The predicted molar refractivity (Wildman–Crippen MR) is 102 cm³/mol. The first-order valence-electron chi connectivity index (χ1n) is 9.16. The second-order valence-electron chi connectivity index (χ2n) is 7.00. The summed E-state index contributed by atoms with van der Waals surface area (Å²) in [5, 5.41) is 18.8. The standard InChI is InChI=1S/C21H24N2O4/c1-13-11-18(22-14(2)19(13)21(26)27)15-6-8-16(9-7-15)20(25)23-10-4-3-5-17(23)12-24/h6-9,11,17,24H,3-5,10,12H2,1-2H3,(H,26,27). The van der Waals surface area contributed by atoms with Crippen molar-refractivity contribution < 1.29 is 19.8 Å². The van der Waals surface area contributed by atoms with Crippen molar-refractivity contribution in [3.05, 3.63) is 52.7 Å². The van der Waals surface area contributed by atoms with Crippen LogP contribution < -0.4 is 0 Å². The predicted octanol–water partition coefficient (Wildman–Crippen LogP) is 3.05. The molecule has 1 fully saturated rings. The molecule has 0 saturated carbocycles. The Balaban J connectivity index is 1.85. The lowest BCUT2D eigenvalue weighted by atomic mass is 10.00. The zero-order valence-corrected chi connectivity index (χ0v) is 15.6. The van der Waals surface area contributed by atoms with E-state index in [2.05, 4.69) is 4.98 Å². The molecule has 0 spiro atoms. The van der Waals surface area contributed by atoms with Gasteiger partial charge >= 0.3 is 5.97 Å². The smallest absolute Gasteiger partial charge is 0.337 e. The number of rotatable bonds is 4. The van der Waals surface area contributed by atoms with Gasteiger partial charge in [-0.05, 0) is 56.9 Å². The summed E-state index contributed by atoms with van der Waals surface area (Å²) in [5.74, 6) is -1.05. The number of nitrogens with zero attached hydrogens (tertiary/aromatic N) is 2. The zero-order valence-electron chi connectivity index (χ0n) is 15.6. The van der Waals surface area contributed by atoms with Crippen LogP contribution in [0.1, 0.15) is 51.2 Å². The van der Waals surface area contributed by atoms with E-state index in [0.29, 0.717) is 29.1 Å². The van der Waals surface area contributed by atoms with E-state index in [4.69, 9.17) is 0 Å². The highest BCUT2D eigenvalue weighted by molar-refractivity contribution is 5.95. The highest BCUT2D eigenvalue weighted by Crippen LogP contribution is 2.24. The van der Waals surface area contributed by atoms with Crippen LogP contribution in [0.25, 0.3) is 11.3 Å². The lowest BCUT2D eigenvalue weighted by Crippen LogP contribution is -2.45. The Bertz CT molecular complexity index is 838. The van der Waals surface area contributed by atoms with Crippen LogP contribution in [-0.2, 0) is 0 Å². The van der Waals surface area contributed by atoms with Gasteiger partial charge in [-0.25, -0.2) is 4.79 Å². The minimum atomic E-state index is -0.982. The molecule has 1 aromatic carbocycles. The van der Waals surface area contributed by atoms with Gasteiger partial charge in [0.05, 0.1) is 29.6 Å². The van der Waals surface area contributed by atoms with E-state index in [9.17, 15) is 19.8 Å². The summed E-state index contributed by atoms with van der Waals surface area (Å²) in [7, 11) is 0. The number of hydrogen-bond acceptors (Lipinski definition) is 4. The highest BCUT2D eigenvalue weighted by atomic mass is 16.4. The minimum Gasteiger partial charge on any atom is -0.478 e. The van der Waals surface area contributed by atoms with Crippen LogP contribution in [0.2, 0.25) is 0 Å². The molecule has 1 aliphatic rings. The average molecular weight is 368 g/mol. The van der Waals surface area contributed by atoms with E-state index in [1.54, 1.807) is 36.9 Å². The molecule has 1 saturated heterocycles. The van der Waals surface area contributed by atoms with Crippen molar-refractivity contribution >= 4 is 11.9 Å². The maximum absolute atomic E-state index is 12.8. The summed E-state index contributed by atoms with van der Waals surface area (Å²) in [6, 6.07) is 8.82. The summed E-state index contributed by atoms with van der Waals surface area (Å²) in [6.07, 6.45) is 2.82. The third kappa shape index (κ3) is 3.85. The highest BCUT2D eigenvalue weighted by Gasteiger charge is 2.26. The molecule has 1 atom stereocenters. The lowest BCUT2D eigenvalue weighted by Gasteiger charge is -2.34. The van der Waals surface area contributed by atoms with Gasteiger partial charge in [0, 0.05) is 17.7 Å². The van der Waals surface area contributed by atoms with Crippen molar-refractivity contribution in [3.8, 4) is 11.3 Å². The van der Waals surface area contributed by atoms with Gasteiger partial charge in [0.25, 0.3) is 5.91 Å². The lowest BCUT2D eigenvalue weighted by molar-refractivity contribution is 0.0503. The summed E-state index contributed by atoms with van der Waals surface area (Å²) in [5.41, 5.74) is 3.44. The van der Waals surface area contributed by atoms with Crippen LogP contribution in [-0.4, -0.2) is 51.2 Å². The number of likely N-dealkylation sites (tertiary alicyclic amines) is 1. The molecule has 0 radical (unpaired) electrons. The third-order valence-electron chi connectivity index (χ3n) is 5.14. The number of aryl methyl sites for hydroxylation is 2. The number of pyridine rings is 1. The molecule has 1 unspecified atom stereocenters. The molecule has 1 aliphatic heterocycles. The minimum absolute atomic E-state index is 0.0117. The number of aromatic nitrogens is 1. The van der Waals surface area contributed by atoms with E-state index in [0.717, 1.165) is 24.8 Å². The van der Waals surface area contributed by atoms with Crippen LogP contribution >= 0.6 is 0 Å². The first kappa shape index (κ1) is 19.0. The Morgan fingerprint density at radius 2 is 1.89 bits per heavy atom. The van der Waals surface area contributed by atoms with Gasteiger partial charge in [-0.2, -0.15) is 0 Å². The van der Waals surface area contributed by atoms with Crippen LogP contribution in [0.3, 0.4) is 0 Å². The molecule has 142 valence electrons. The first-order chi connectivity index (χ1) is 12.9. The summed E-state index contributed by atoms with van der Waals surface area (Å²) >= 11 is 0. The van der Waals surface area contributed by atoms with Crippen molar-refractivity contribution in [2.24, 2.45) is 0 Å². The van der Waals surface area contributed by atoms with Crippen LogP contribution in [0, 0.1) is 13.8 Å². The fourth-order valence-corrected chi connectivity index (χ4v) is 3.71. The number of aromatic carboxylic acids is 1. The number of piperidine rings is 1. The molecule has 0 aliphatic carbocycles. The molecular weight excluding hydrogens is 344 g/mol. The molecule has 6 heteroatoms. The molecule has 0 bridgehead atoms. The zero-order chi connectivity index (χ0) is 19.6. The Hall–Kier alpha value is -2.73. The molecular formula is C21H24N2O4. The normalized spacial score (nSPS) is 17.0. The van der Waals surface area contributed by atoms with Crippen LogP contribution in [0.4, 0.5) is 0 Å². The molecule has 6 nitrogen and oxygen atoms in total. The number of aliphatic hydroxyl groups is 1. The van der Waals surface area contributed by atoms with Crippen molar-refractivity contribution in [2.45, 2.75) is 39.2 Å². The van der Waals surface area contributed by atoms with E-state index >= 15 is 0 Å². The molecule has 27 heavy (non-hydrogen) atoms. The van der Waals surface area contributed by atoms with Gasteiger partial charge in [-0.15, -0.1) is 0 Å². The van der Waals surface area contributed by atoms with Crippen molar-refractivity contribution in [1.82, 2.24) is 9.88 Å². The SMILES string of the molecule is Cc1cc(-c2ccc(C(=O)N3CCCCC3CO)cc2)nc(C)c1C(=O)O. The van der Waals surface area contributed by atoms with Crippen molar-refractivity contribution in [3.63, 3.8) is 0 Å². The van der Waals surface area contributed by atoms with E-state index in [-0.39, 0.29) is 24.1 Å². The number of amides is 1. The number of hydrogen-bond donors (Lipinski definition) is 2. The Morgan fingerprint density at radius 1 is 1.19 bits per heavy atom. The van der Waals surface area contributed by atoms with Crippen LogP contribution in [0.5, 0.6) is 0 Å². The first-order valence-corrected chi connectivity index (χ1v) is 9.16. The second kappa shape index (κ2) is 7.88. The number of carbonyl (C=O) groups excluding carboxylic acids is 1. The number of carboxylic acids is 1. The fraction of sp³-hybridized carbons (Fsp3) is 0.381. The summed E-state index contributed by atoms with van der Waals surface area (Å²) in [6.45, 7) is 4.10. The topological polar surface area (TPSA) is 90.7 Å². The number of aliphatic hydroxyl groups excluding tert-OH is 1. The largest absolute Gasteiger partial charge is 0.478 e. The quantitative estimate of drug-likeness (QED) is 0.866. The van der Waals surface area contributed by atoms with Gasteiger partial charge in [0.15, 0.2) is 0 Å². The number of benzene rings is 1. The van der Waals surface area contributed by atoms with E-state index < -0.39 is 5.97 Å². The molecule has 2 aromatic rings. The van der Waals surface area contributed by atoms with Crippen molar-refractivity contribution in [1.29, 1.82) is 0 Å². The van der Waals surface area contributed by atoms with Gasteiger partial charge in [-0.3, -0.25) is 9.78 Å². The van der Waals surface area contributed by atoms with Crippen LogP contribution in [0.15, 0.2) is 30.3 Å². The Morgan fingerprint density at radius 3 is 2.48 bits per heavy atom. The van der Waals surface area contributed by atoms with Gasteiger partial charge in [0.1, 0.15) is 0 Å². The van der Waals surface area contributed by atoms with Crippen molar-refractivity contribution in [2.75, 3.05) is 13.2 Å². The van der Waals surface area contributed by atoms with Gasteiger partial charge in [-0.1, -0.05) is 12.1 Å². The molecule has 1 aromatic heterocycles. The monoisotopic (exact) mass is 368 g/mol. The third-order valence-corrected chi connectivity index (χ3v) is 5.14. The molecule has 1 amide bonds. The van der Waals surface area contributed by atoms with E-state index in [1.165, 1.54) is 0 Å². The van der Waals surface area contributed by atoms with E-state index in [1.807, 2.05) is 12.1 Å². The second-order valence-corrected chi connectivity index (χ2v) is 7.00. The Kier molecular flexibility index (Phi) is 5.56. The molecule has 3 rings (SSSR count). The summed E-state index contributed by atoms with van der Waals surface area (Å²) < 4.78 is 0. The van der Waals surface area contributed by atoms with Gasteiger partial charge in [0.2, 0.25) is 0 Å². The summed E-state index contributed by atoms with van der Waals surface area (Å²) in [4.78, 5) is 30.3. The molecule has 2 N–H and O–H groups in total. The average Bonchev–Trinajstić information content (AvgIpc) is 2.66. The van der Waals surface area contributed by atoms with Gasteiger partial charge < -0.3 is 15.1 Å². The fourth-order valence-electron chi connectivity index (χ4n) is 3.71.